The second-order valence-electron chi connectivity index (χ2n) is 7.86. The molecule has 3 aliphatic heterocycles. The Hall–Kier alpha value is -1.22. The van der Waals surface area contributed by atoms with E-state index < -0.39 is 0 Å². The van der Waals surface area contributed by atoms with Crippen molar-refractivity contribution >= 4 is 11.8 Å². The Balaban J connectivity index is 1.39. The fourth-order valence-electron chi connectivity index (χ4n) is 4.05. The number of carbonyl (C=O) groups is 2. The molecule has 0 unspecified atom stereocenters. The quantitative estimate of drug-likeness (QED) is 0.629. The predicted molar refractivity (Wildman–Crippen MR) is 99.4 cm³/mol. The van der Waals surface area contributed by atoms with Gasteiger partial charge in [-0.05, 0) is 25.7 Å². The number of amides is 2. The monoisotopic (exact) mass is 383 g/mol. The Morgan fingerprint density at radius 3 is 2.30 bits per heavy atom. The van der Waals surface area contributed by atoms with Crippen molar-refractivity contribution in [2.75, 3.05) is 78.9 Å². The summed E-state index contributed by atoms with van der Waals surface area (Å²) in [7, 11) is 0. The van der Waals surface area contributed by atoms with Crippen LogP contribution < -0.4 is 5.32 Å². The SMILES string of the molecule is O=C(COCC(=O)N1CCCC1)NCC1(CN2CCOCC2)CCOCC1. The summed E-state index contributed by atoms with van der Waals surface area (Å²) in [6.07, 6.45) is 4.00. The standard InChI is InChI=1S/C19H33N3O5/c23-17(13-27-14-18(24)22-5-1-2-6-22)20-15-19(3-9-25-10-4-19)16-21-7-11-26-12-8-21/h1-16H2,(H,20,23). The van der Waals surface area contributed by atoms with Gasteiger partial charge in [-0.15, -0.1) is 0 Å². The lowest BCUT2D eigenvalue weighted by molar-refractivity contribution is -0.137. The van der Waals surface area contributed by atoms with Crippen molar-refractivity contribution < 1.29 is 23.8 Å². The van der Waals surface area contributed by atoms with Gasteiger partial charge in [-0.2, -0.15) is 0 Å². The smallest absolute Gasteiger partial charge is 0.248 e. The van der Waals surface area contributed by atoms with Crippen LogP contribution in [0.5, 0.6) is 0 Å². The molecule has 154 valence electrons. The molecule has 27 heavy (non-hydrogen) atoms. The summed E-state index contributed by atoms with van der Waals surface area (Å²) in [6.45, 7) is 8.02. The zero-order valence-corrected chi connectivity index (χ0v) is 16.2. The number of nitrogens with one attached hydrogen (secondary N) is 1. The highest BCUT2D eigenvalue weighted by atomic mass is 16.5. The molecule has 3 aliphatic rings. The first-order chi connectivity index (χ1) is 13.2. The van der Waals surface area contributed by atoms with E-state index in [-0.39, 0.29) is 30.4 Å². The van der Waals surface area contributed by atoms with E-state index in [2.05, 4.69) is 10.2 Å². The molecule has 0 bridgehead atoms. The van der Waals surface area contributed by atoms with Gasteiger partial charge >= 0.3 is 0 Å². The van der Waals surface area contributed by atoms with Crippen LogP contribution in [-0.2, 0) is 23.8 Å². The molecule has 8 nitrogen and oxygen atoms in total. The molecule has 0 aliphatic carbocycles. The molecule has 3 heterocycles. The van der Waals surface area contributed by atoms with Gasteiger partial charge in [0.15, 0.2) is 0 Å². The second-order valence-corrected chi connectivity index (χ2v) is 7.86. The molecule has 0 atom stereocenters. The van der Waals surface area contributed by atoms with Crippen molar-refractivity contribution in [2.24, 2.45) is 5.41 Å². The summed E-state index contributed by atoms with van der Waals surface area (Å²) in [5, 5.41) is 3.02. The predicted octanol–water partition coefficient (Wildman–Crippen LogP) is -0.129. The van der Waals surface area contributed by atoms with Crippen LogP contribution in [0.2, 0.25) is 0 Å². The average Bonchev–Trinajstić information content (AvgIpc) is 3.23. The van der Waals surface area contributed by atoms with Crippen molar-refractivity contribution in [2.45, 2.75) is 25.7 Å². The van der Waals surface area contributed by atoms with Gasteiger partial charge in [-0.3, -0.25) is 14.5 Å². The zero-order chi connectivity index (χ0) is 19.0. The van der Waals surface area contributed by atoms with Gasteiger partial charge in [-0.1, -0.05) is 0 Å². The van der Waals surface area contributed by atoms with E-state index in [1.54, 1.807) is 4.90 Å². The van der Waals surface area contributed by atoms with Crippen molar-refractivity contribution in [3.05, 3.63) is 0 Å². The zero-order valence-electron chi connectivity index (χ0n) is 16.2. The number of morpholine rings is 1. The van der Waals surface area contributed by atoms with E-state index in [4.69, 9.17) is 14.2 Å². The van der Waals surface area contributed by atoms with Crippen molar-refractivity contribution in [1.82, 2.24) is 15.1 Å². The van der Waals surface area contributed by atoms with E-state index in [1.807, 2.05) is 0 Å². The number of likely N-dealkylation sites (tertiary alicyclic amines) is 1. The van der Waals surface area contributed by atoms with Crippen molar-refractivity contribution in [3.8, 4) is 0 Å². The molecule has 2 amide bonds. The summed E-state index contributed by atoms with van der Waals surface area (Å²) in [6, 6.07) is 0. The summed E-state index contributed by atoms with van der Waals surface area (Å²) in [5.41, 5.74) is 0.0383. The molecule has 0 saturated carbocycles. The first-order valence-electron chi connectivity index (χ1n) is 10.2. The molecule has 0 spiro atoms. The first kappa shape index (κ1) is 20.5. The number of hydrogen-bond acceptors (Lipinski definition) is 6. The van der Waals surface area contributed by atoms with Crippen LogP contribution in [0.4, 0.5) is 0 Å². The third-order valence-electron chi connectivity index (χ3n) is 5.79. The molecule has 8 heteroatoms. The molecular weight excluding hydrogens is 350 g/mol. The average molecular weight is 383 g/mol. The Morgan fingerprint density at radius 1 is 0.926 bits per heavy atom. The van der Waals surface area contributed by atoms with Crippen LogP contribution in [0.3, 0.4) is 0 Å². The van der Waals surface area contributed by atoms with Gasteiger partial charge in [0.25, 0.3) is 0 Å². The highest BCUT2D eigenvalue weighted by molar-refractivity contribution is 5.79. The number of rotatable bonds is 8. The fourth-order valence-corrected chi connectivity index (χ4v) is 4.05. The Bertz CT molecular complexity index is 484. The fraction of sp³-hybridized carbons (Fsp3) is 0.895. The third kappa shape index (κ3) is 6.41. The van der Waals surface area contributed by atoms with Crippen LogP contribution in [-0.4, -0.2) is 101 Å². The lowest BCUT2D eigenvalue weighted by Gasteiger charge is -2.42. The maximum atomic E-state index is 12.2. The third-order valence-corrected chi connectivity index (χ3v) is 5.79. The molecular formula is C19H33N3O5. The minimum Gasteiger partial charge on any atom is -0.381 e. The minimum atomic E-state index is -0.155. The van der Waals surface area contributed by atoms with Gasteiger partial charge in [0.2, 0.25) is 11.8 Å². The molecule has 3 rings (SSSR count). The van der Waals surface area contributed by atoms with Gasteiger partial charge in [0.1, 0.15) is 13.2 Å². The normalized spacial score (nSPS) is 23.3. The van der Waals surface area contributed by atoms with Crippen LogP contribution >= 0.6 is 0 Å². The highest BCUT2D eigenvalue weighted by Crippen LogP contribution is 2.31. The largest absolute Gasteiger partial charge is 0.381 e. The summed E-state index contributed by atoms with van der Waals surface area (Å²) in [4.78, 5) is 28.4. The van der Waals surface area contributed by atoms with Crippen LogP contribution in [0.15, 0.2) is 0 Å². The molecule has 3 saturated heterocycles. The van der Waals surface area contributed by atoms with Gasteiger partial charge < -0.3 is 24.4 Å². The van der Waals surface area contributed by atoms with E-state index in [9.17, 15) is 9.59 Å². The molecule has 0 radical (unpaired) electrons. The van der Waals surface area contributed by atoms with Gasteiger partial charge in [-0.25, -0.2) is 0 Å². The minimum absolute atomic E-state index is 0.0137. The van der Waals surface area contributed by atoms with Gasteiger partial charge in [0.05, 0.1) is 13.2 Å². The maximum Gasteiger partial charge on any atom is 0.248 e. The number of ether oxygens (including phenoxy) is 3. The maximum absolute atomic E-state index is 12.2. The molecule has 1 N–H and O–H groups in total. The molecule has 0 aromatic carbocycles. The molecule has 3 fully saturated rings. The Kier molecular flexibility index (Phi) is 7.87. The lowest BCUT2D eigenvalue weighted by atomic mass is 9.79. The summed E-state index contributed by atoms with van der Waals surface area (Å²) in [5.74, 6) is -0.175. The second kappa shape index (κ2) is 10.4. The van der Waals surface area contributed by atoms with Crippen molar-refractivity contribution in [1.29, 1.82) is 0 Å². The van der Waals surface area contributed by atoms with Crippen molar-refractivity contribution in [3.63, 3.8) is 0 Å². The number of hydrogen-bond donors (Lipinski definition) is 1. The van der Waals surface area contributed by atoms with Crippen LogP contribution in [0, 0.1) is 5.41 Å². The van der Waals surface area contributed by atoms with E-state index >= 15 is 0 Å². The van der Waals surface area contributed by atoms with E-state index in [0.717, 1.165) is 84.8 Å². The Labute approximate surface area is 161 Å². The van der Waals surface area contributed by atoms with Crippen LogP contribution in [0.1, 0.15) is 25.7 Å². The molecule has 0 aromatic rings. The lowest BCUT2D eigenvalue weighted by Crippen LogP contribution is -2.51. The molecule has 0 aromatic heterocycles. The first-order valence-corrected chi connectivity index (χ1v) is 10.2. The van der Waals surface area contributed by atoms with Gasteiger partial charge in [0, 0.05) is 57.9 Å². The van der Waals surface area contributed by atoms with E-state index in [1.165, 1.54) is 0 Å². The number of carbonyl (C=O) groups excluding carboxylic acids is 2. The topological polar surface area (TPSA) is 80.3 Å². The highest BCUT2D eigenvalue weighted by Gasteiger charge is 2.35. The number of nitrogens with zero attached hydrogens (tertiary/aromatic N) is 2. The summed E-state index contributed by atoms with van der Waals surface area (Å²) < 4.78 is 16.3. The Morgan fingerprint density at radius 2 is 1.59 bits per heavy atom. The van der Waals surface area contributed by atoms with E-state index in [0.29, 0.717) is 6.54 Å². The van der Waals surface area contributed by atoms with Crippen LogP contribution in [0.25, 0.3) is 0 Å². The summed E-state index contributed by atoms with van der Waals surface area (Å²) >= 11 is 0.